The molecule has 0 aromatic carbocycles. The summed E-state index contributed by atoms with van der Waals surface area (Å²) in [6.45, 7) is 17.9. The third-order valence-electron chi connectivity index (χ3n) is 3.15. The lowest BCUT2D eigenvalue weighted by atomic mass is 10.5. The molecule has 0 unspecified atom stereocenters. The Kier molecular flexibility index (Phi) is 6.88. The van der Waals surface area contributed by atoms with Crippen LogP contribution in [0.25, 0.3) is 0 Å². The standard InChI is InChI=1S/C14H28N4P2/c1-9(2)19(10(3)4)13-15-17-14(18-16-13)20(11(5)6)12(7)8/h9-12H,1-8H3. The molecule has 0 aliphatic heterocycles. The Morgan fingerprint density at radius 1 is 0.500 bits per heavy atom. The van der Waals surface area contributed by atoms with Crippen LogP contribution in [0.2, 0.25) is 0 Å². The van der Waals surface area contributed by atoms with Gasteiger partial charge in [-0.15, -0.1) is 20.4 Å². The molecule has 1 heterocycles. The van der Waals surface area contributed by atoms with Crippen LogP contribution in [-0.2, 0) is 0 Å². The van der Waals surface area contributed by atoms with Crippen LogP contribution in [0.4, 0.5) is 0 Å². The molecule has 0 bridgehead atoms. The van der Waals surface area contributed by atoms with E-state index in [-0.39, 0.29) is 15.8 Å². The van der Waals surface area contributed by atoms with Crippen LogP contribution in [0, 0.1) is 0 Å². The fourth-order valence-corrected chi connectivity index (χ4v) is 7.37. The Morgan fingerprint density at radius 3 is 0.850 bits per heavy atom. The number of aromatic nitrogens is 4. The summed E-state index contributed by atoms with van der Waals surface area (Å²) in [6.07, 6.45) is 0. The third kappa shape index (κ3) is 4.40. The number of rotatable bonds is 6. The van der Waals surface area contributed by atoms with Crippen molar-refractivity contribution in [3.05, 3.63) is 0 Å². The molecular weight excluding hydrogens is 286 g/mol. The highest BCUT2D eigenvalue weighted by Gasteiger charge is 2.26. The molecule has 20 heavy (non-hydrogen) atoms. The molecule has 0 aliphatic carbocycles. The fraction of sp³-hybridized carbons (Fsp3) is 0.857. The van der Waals surface area contributed by atoms with Gasteiger partial charge in [0, 0.05) is 0 Å². The second-order valence-corrected chi connectivity index (χ2v) is 12.7. The Labute approximate surface area is 126 Å². The average molecular weight is 314 g/mol. The molecule has 0 radical (unpaired) electrons. The van der Waals surface area contributed by atoms with E-state index in [1.54, 1.807) is 0 Å². The van der Waals surface area contributed by atoms with Crippen LogP contribution in [-0.4, -0.2) is 43.0 Å². The van der Waals surface area contributed by atoms with E-state index in [9.17, 15) is 0 Å². The second-order valence-electron chi connectivity index (χ2n) is 6.19. The van der Waals surface area contributed by atoms with E-state index < -0.39 is 0 Å². The van der Waals surface area contributed by atoms with Crippen molar-refractivity contribution in [1.29, 1.82) is 0 Å². The lowest BCUT2D eigenvalue weighted by molar-refractivity contribution is 0.902. The summed E-state index contributed by atoms with van der Waals surface area (Å²) in [5, 5.41) is 17.7. The van der Waals surface area contributed by atoms with E-state index in [0.29, 0.717) is 22.6 Å². The molecule has 0 saturated carbocycles. The summed E-state index contributed by atoms with van der Waals surface area (Å²) >= 11 is 0. The first-order valence-corrected chi connectivity index (χ1v) is 10.4. The minimum atomic E-state index is -0.376. The van der Waals surface area contributed by atoms with Gasteiger partial charge in [0.1, 0.15) is 0 Å². The SMILES string of the molecule is CC(C)P(c1nnc(P(C(C)C)C(C)C)nn1)C(C)C. The molecule has 0 atom stereocenters. The van der Waals surface area contributed by atoms with Gasteiger partial charge in [0.2, 0.25) is 0 Å². The predicted molar refractivity (Wildman–Crippen MR) is 91.3 cm³/mol. The van der Waals surface area contributed by atoms with E-state index in [0.717, 1.165) is 11.1 Å². The first kappa shape index (κ1) is 17.9. The maximum atomic E-state index is 4.43. The molecule has 114 valence electrons. The van der Waals surface area contributed by atoms with Crippen molar-refractivity contribution in [2.24, 2.45) is 0 Å². The smallest absolute Gasteiger partial charge is 0.126 e. The molecular formula is C14H28N4P2. The lowest BCUT2D eigenvalue weighted by Gasteiger charge is -2.25. The van der Waals surface area contributed by atoms with Gasteiger partial charge in [0.25, 0.3) is 0 Å². The highest BCUT2D eigenvalue weighted by Crippen LogP contribution is 2.44. The summed E-state index contributed by atoms with van der Waals surface area (Å²) in [5.41, 5.74) is 3.98. The third-order valence-corrected chi connectivity index (χ3v) is 8.88. The zero-order valence-electron chi connectivity index (χ0n) is 14.0. The molecule has 0 fully saturated rings. The minimum absolute atomic E-state index is 0.376. The van der Waals surface area contributed by atoms with Crippen molar-refractivity contribution in [3.8, 4) is 0 Å². The highest BCUT2D eigenvalue weighted by atomic mass is 31.1. The van der Waals surface area contributed by atoms with Crippen molar-refractivity contribution in [3.63, 3.8) is 0 Å². The summed E-state index contributed by atoms with van der Waals surface area (Å²) in [4.78, 5) is 0. The van der Waals surface area contributed by atoms with E-state index in [4.69, 9.17) is 0 Å². The van der Waals surface area contributed by atoms with Crippen LogP contribution in [0.1, 0.15) is 55.4 Å². The molecule has 0 N–H and O–H groups in total. The number of nitrogens with zero attached hydrogens (tertiary/aromatic N) is 4. The van der Waals surface area contributed by atoms with E-state index >= 15 is 0 Å². The Hall–Kier alpha value is -0.200. The first-order chi connectivity index (χ1) is 9.25. The van der Waals surface area contributed by atoms with Crippen LogP contribution in [0.3, 0.4) is 0 Å². The van der Waals surface area contributed by atoms with Crippen molar-refractivity contribution >= 4 is 27.0 Å². The molecule has 0 amide bonds. The fourth-order valence-electron chi connectivity index (χ4n) is 2.54. The van der Waals surface area contributed by atoms with Crippen LogP contribution < -0.4 is 11.1 Å². The quantitative estimate of drug-likeness (QED) is 0.757. The Morgan fingerprint density at radius 2 is 0.700 bits per heavy atom. The monoisotopic (exact) mass is 314 g/mol. The Bertz CT molecular complexity index is 349. The number of hydrogen-bond donors (Lipinski definition) is 0. The van der Waals surface area contributed by atoms with Crippen LogP contribution in [0.5, 0.6) is 0 Å². The Balaban J connectivity index is 3.03. The molecule has 4 nitrogen and oxygen atoms in total. The zero-order chi connectivity index (χ0) is 15.4. The van der Waals surface area contributed by atoms with Gasteiger partial charge in [-0.2, -0.15) is 0 Å². The van der Waals surface area contributed by atoms with Gasteiger partial charge < -0.3 is 0 Å². The second kappa shape index (κ2) is 7.71. The summed E-state index contributed by atoms with van der Waals surface area (Å²) < 4.78 is 0. The molecule has 1 aromatic heterocycles. The van der Waals surface area contributed by atoms with E-state index in [2.05, 4.69) is 75.8 Å². The van der Waals surface area contributed by atoms with Gasteiger partial charge in [0.05, 0.1) is 0 Å². The largest absolute Gasteiger partial charge is 0.195 e. The van der Waals surface area contributed by atoms with Gasteiger partial charge in [-0.25, -0.2) is 0 Å². The maximum Gasteiger partial charge on any atom is 0.195 e. The summed E-state index contributed by atoms with van der Waals surface area (Å²) in [6, 6.07) is 0. The van der Waals surface area contributed by atoms with Crippen molar-refractivity contribution in [1.82, 2.24) is 20.4 Å². The molecule has 0 saturated heterocycles. The van der Waals surface area contributed by atoms with Crippen molar-refractivity contribution < 1.29 is 0 Å². The summed E-state index contributed by atoms with van der Waals surface area (Å²) in [5.74, 6) is 0. The van der Waals surface area contributed by atoms with Gasteiger partial charge in [0.15, 0.2) is 11.1 Å². The van der Waals surface area contributed by atoms with Crippen molar-refractivity contribution in [2.45, 2.75) is 78.0 Å². The zero-order valence-corrected chi connectivity index (χ0v) is 15.8. The van der Waals surface area contributed by atoms with Crippen LogP contribution >= 0.6 is 15.8 Å². The van der Waals surface area contributed by atoms with Gasteiger partial charge in [-0.1, -0.05) is 55.4 Å². The molecule has 0 spiro atoms. The van der Waals surface area contributed by atoms with Gasteiger partial charge in [-0.3, -0.25) is 0 Å². The first-order valence-electron chi connectivity index (χ1n) is 7.39. The maximum absolute atomic E-state index is 4.43. The van der Waals surface area contributed by atoms with Gasteiger partial charge in [-0.05, 0) is 38.5 Å². The lowest BCUT2D eigenvalue weighted by Crippen LogP contribution is -2.31. The number of hydrogen-bond acceptors (Lipinski definition) is 4. The molecule has 1 rings (SSSR count). The molecule has 1 aromatic rings. The van der Waals surface area contributed by atoms with Crippen molar-refractivity contribution in [2.75, 3.05) is 0 Å². The highest BCUT2D eigenvalue weighted by molar-refractivity contribution is 7.66. The van der Waals surface area contributed by atoms with Crippen LogP contribution in [0.15, 0.2) is 0 Å². The van der Waals surface area contributed by atoms with E-state index in [1.807, 2.05) is 0 Å². The minimum Gasteiger partial charge on any atom is -0.126 e. The summed E-state index contributed by atoms with van der Waals surface area (Å²) in [7, 11) is -0.752. The normalized spacial score (nSPS) is 12.7. The average Bonchev–Trinajstić information content (AvgIpc) is 2.29. The van der Waals surface area contributed by atoms with E-state index in [1.165, 1.54) is 0 Å². The van der Waals surface area contributed by atoms with Gasteiger partial charge >= 0.3 is 0 Å². The molecule has 0 aliphatic rings. The molecule has 6 heteroatoms. The predicted octanol–water partition coefficient (Wildman–Crippen LogP) is 3.11. The topological polar surface area (TPSA) is 51.6 Å².